The molecule has 5 nitrogen and oxygen atoms in total. The number of benzene rings is 11. The molecule has 0 spiro atoms. The van der Waals surface area contributed by atoms with Crippen molar-refractivity contribution in [3.63, 3.8) is 0 Å². The van der Waals surface area contributed by atoms with Crippen molar-refractivity contribution in [1.29, 1.82) is 5.26 Å². The van der Waals surface area contributed by atoms with E-state index in [-0.39, 0.29) is 0 Å². The molecule has 0 aliphatic rings. The van der Waals surface area contributed by atoms with Crippen molar-refractivity contribution in [3.8, 4) is 50.8 Å². The maximum atomic E-state index is 12.4. The molecule has 16 aromatic rings. The second-order valence-electron chi connectivity index (χ2n) is 19.2. The van der Waals surface area contributed by atoms with Gasteiger partial charge in [0.15, 0.2) is 5.58 Å². The molecule has 0 fully saturated rings. The van der Waals surface area contributed by atoms with Gasteiger partial charge in [0.1, 0.15) is 11.7 Å². The summed E-state index contributed by atoms with van der Waals surface area (Å²) in [5.74, 6) is 0. The maximum Gasteiger partial charge on any atom is 0.221 e. The average Bonchev–Trinajstić information content (AvgIpc) is 4.32. The number of thiophene rings is 2. The number of fused-ring (bicyclic) bond motifs is 18. The van der Waals surface area contributed by atoms with Gasteiger partial charge in [0.25, 0.3) is 0 Å². The van der Waals surface area contributed by atoms with Crippen molar-refractivity contribution < 1.29 is 4.42 Å². The SMILES string of the molecule is [C-]#[N+]c1c(-c2ccccc2)c(-n2c3ccccc3c3cc(-c4ccccc4)c4c5ccccc5oc4c32)c(-c2ccccc2)c(C#N)c1-n1c2c(ccc3c4ccccc4sc32)c2ccc3c4ccccc4sc3c21. The second kappa shape index (κ2) is 15.9. The van der Waals surface area contributed by atoms with Crippen molar-refractivity contribution in [1.82, 2.24) is 9.13 Å². The maximum absolute atomic E-state index is 12.4. The molecular weight excluding hydrogens is 953 g/mol. The summed E-state index contributed by atoms with van der Waals surface area (Å²) in [6, 6.07) is 79.4. The summed E-state index contributed by atoms with van der Waals surface area (Å²) in [5, 5.41) is 23.2. The van der Waals surface area contributed by atoms with Crippen LogP contribution in [0.3, 0.4) is 0 Å². The van der Waals surface area contributed by atoms with Gasteiger partial charge in [-0.15, -0.1) is 22.7 Å². The zero-order valence-electron chi connectivity index (χ0n) is 39.8. The fourth-order valence-corrected chi connectivity index (χ4v) is 14.8. The predicted octanol–water partition coefficient (Wildman–Crippen LogP) is 19.9. The fraction of sp³-hybridized carbons (Fsp3) is 0. The summed E-state index contributed by atoms with van der Waals surface area (Å²) in [6.45, 7) is 9.70. The van der Waals surface area contributed by atoms with E-state index in [1.165, 1.54) is 20.2 Å². The van der Waals surface area contributed by atoms with Crippen molar-refractivity contribution >= 4 is 134 Å². The van der Waals surface area contributed by atoms with Gasteiger partial charge >= 0.3 is 0 Å². The van der Waals surface area contributed by atoms with Crippen LogP contribution in [-0.2, 0) is 0 Å². The number of aromatic nitrogens is 2. The Bertz CT molecular complexity index is 4990. The number of hydrogen-bond donors (Lipinski definition) is 0. The molecule has 0 saturated carbocycles. The summed E-state index contributed by atoms with van der Waals surface area (Å²) in [4.78, 5) is 4.74. The lowest BCUT2D eigenvalue weighted by Crippen LogP contribution is -2.08. The normalized spacial score (nSPS) is 12.0. The molecule has 0 amide bonds. The van der Waals surface area contributed by atoms with E-state index in [1.807, 2.05) is 48.5 Å². The van der Waals surface area contributed by atoms with E-state index in [0.29, 0.717) is 16.9 Å². The molecule has 75 heavy (non-hydrogen) atoms. The molecular formula is C68H36N4OS2. The predicted molar refractivity (Wildman–Crippen MR) is 315 cm³/mol. The molecule has 0 radical (unpaired) electrons. The van der Waals surface area contributed by atoms with Crippen LogP contribution in [0.4, 0.5) is 5.69 Å². The van der Waals surface area contributed by atoms with Gasteiger partial charge in [-0.05, 0) is 52.6 Å². The first-order valence-electron chi connectivity index (χ1n) is 24.9. The molecule has 7 heteroatoms. The number of rotatable bonds is 5. The topological polar surface area (TPSA) is 51.1 Å². The summed E-state index contributed by atoms with van der Waals surface area (Å²) < 4.78 is 16.4. The van der Waals surface area contributed by atoms with Crippen molar-refractivity contribution in [2.24, 2.45) is 0 Å². The third-order valence-corrected chi connectivity index (χ3v) is 17.7. The Labute approximate surface area is 436 Å². The van der Waals surface area contributed by atoms with Crippen LogP contribution in [0.15, 0.2) is 223 Å². The van der Waals surface area contributed by atoms with Gasteiger partial charge in [-0.1, -0.05) is 188 Å². The van der Waals surface area contributed by atoms with Gasteiger partial charge in [0.05, 0.1) is 55.0 Å². The first kappa shape index (κ1) is 41.8. The first-order chi connectivity index (χ1) is 37.2. The average molecular weight is 989 g/mol. The summed E-state index contributed by atoms with van der Waals surface area (Å²) in [7, 11) is 0. The molecule has 346 valence electrons. The number of furan rings is 1. The van der Waals surface area contributed by atoms with Gasteiger partial charge < -0.3 is 13.6 Å². The first-order valence-corrected chi connectivity index (χ1v) is 26.6. The van der Waals surface area contributed by atoms with E-state index in [0.717, 1.165) is 125 Å². The Morgan fingerprint density at radius 3 is 1.55 bits per heavy atom. The molecule has 0 bridgehead atoms. The van der Waals surface area contributed by atoms with Crippen LogP contribution in [0.1, 0.15) is 5.56 Å². The van der Waals surface area contributed by atoms with Gasteiger partial charge in [-0.25, -0.2) is 4.85 Å². The van der Waals surface area contributed by atoms with E-state index >= 15 is 0 Å². The van der Waals surface area contributed by atoms with Crippen LogP contribution in [0.2, 0.25) is 0 Å². The molecule has 0 aliphatic heterocycles. The van der Waals surface area contributed by atoms with Crippen LogP contribution >= 0.6 is 22.7 Å². The van der Waals surface area contributed by atoms with E-state index in [4.69, 9.17) is 9.26 Å². The molecule has 0 N–H and O–H groups in total. The second-order valence-corrected chi connectivity index (χ2v) is 21.3. The van der Waals surface area contributed by atoms with E-state index < -0.39 is 0 Å². The van der Waals surface area contributed by atoms with E-state index in [2.05, 4.69) is 185 Å². The van der Waals surface area contributed by atoms with E-state index in [1.54, 1.807) is 22.7 Å². The summed E-state index contributed by atoms with van der Waals surface area (Å²) in [6.07, 6.45) is 0. The quantitative estimate of drug-likeness (QED) is 0.161. The summed E-state index contributed by atoms with van der Waals surface area (Å²) >= 11 is 3.54. The highest BCUT2D eigenvalue weighted by molar-refractivity contribution is 7.27. The number of hydrogen-bond acceptors (Lipinski definition) is 4. The molecule has 0 atom stereocenters. The van der Waals surface area contributed by atoms with E-state index in [9.17, 15) is 11.8 Å². The Morgan fingerprint density at radius 2 is 0.947 bits per heavy atom. The van der Waals surface area contributed by atoms with Gasteiger partial charge in [0.2, 0.25) is 5.69 Å². The minimum atomic E-state index is 0.384. The molecule has 0 saturated heterocycles. The minimum absolute atomic E-state index is 0.384. The zero-order valence-corrected chi connectivity index (χ0v) is 41.4. The minimum Gasteiger partial charge on any atom is -0.454 e. The van der Waals surface area contributed by atoms with Gasteiger partial charge in [-0.3, -0.25) is 0 Å². The smallest absolute Gasteiger partial charge is 0.221 e. The number of nitrogens with zero attached hydrogens (tertiary/aromatic N) is 4. The lowest BCUT2D eigenvalue weighted by molar-refractivity contribution is 0.671. The molecule has 5 heterocycles. The Kier molecular flexibility index (Phi) is 8.85. The largest absolute Gasteiger partial charge is 0.454 e. The third-order valence-electron chi connectivity index (χ3n) is 15.4. The van der Waals surface area contributed by atoms with Crippen molar-refractivity contribution in [2.75, 3.05) is 0 Å². The molecule has 0 unspecified atom stereocenters. The lowest BCUT2D eigenvalue weighted by Gasteiger charge is -2.25. The number of para-hydroxylation sites is 2. The van der Waals surface area contributed by atoms with Crippen molar-refractivity contribution in [3.05, 3.63) is 235 Å². The van der Waals surface area contributed by atoms with Gasteiger partial charge in [-0.2, -0.15) is 5.26 Å². The standard InChI is InChI=1S/C68H36N4OS2/c1-70-60-58(41-23-9-4-10-24-41)65(71-53-29-15-11-25-42(53)51-37-50(39-19-5-2-6-20-39)59-49-28-12-16-30-54(49)73-66(59)62(51)71)57(40-21-7-3-8-22-40)52(38-69)61(60)72-63-45(33-35-47-43-26-13-17-31-55(43)74-67(47)63)46-34-36-48-44-27-14-18-32-56(44)75-68(48)64(46)72/h2-37H. The number of nitriles is 1. The fourth-order valence-electron chi connectivity index (χ4n) is 12.3. The third kappa shape index (κ3) is 5.74. The van der Waals surface area contributed by atoms with Crippen molar-refractivity contribution in [2.45, 2.75) is 0 Å². The van der Waals surface area contributed by atoms with Crippen LogP contribution < -0.4 is 0 Å². The summed E-state index contributed by atoms with van der Waals surface area (Å²) in [5.41, 5.74) is 12.7. The van der Waals surface area contributed by atoms with Gasteiger partial charge in [0, 0.05) is 74.4 Å². The molecule has 16 rings (SSSR count). The van der Waals surface area contributed by atoms with Crippen LogP contribution in [0.25, 0.3) is 155 Å². The van der Waals surface area contributed by atoms with Crippen LogP contribution in [-0.4, -0.2) is 9.13 Å². The Morgan fingerprint density at radius 1 is 0.440 bits per heavy atom. The molecule has 11 aromatic carbocycles. The van der Waals surface area contributed by atoms with Crippen LogP contribution in [0.5, 0.6) is 0 Å². The van der Waals surface area contributed by atoms with Crippen LogP contribution in [0, 0.1) is 17.9 Å². The zero-order chi connectivity index (χ0) is 49.5. The highest BCUT2D eigenvalue weighted by Gasteiger charge is 2.34. The Balaban J connectivity index is 1.18. The lowest BCUT2D eigenvalue weighted by atomic mass is 9.88. The monoisotopic (exact) mass is 988 g/mol. The highest BCUT2D eigenvalue weighted by atomic mass is 32.1. The molecule has 0 aliphatic carbocycles. The Hall–Kier alpha value is -9.76. The highest BCUT2D eigenvalue weighted by Crippen LogP contribution is 2.56. The molecule has 5 aromatic heterocycles.